The van der Waals surface area contributed by atoms with Crippen molar-refractivity contribution in [3.63, 3.8) is 0 Å². The van der Waals surface area contributed by atoms with Crippen LogP contribution in [0.2, 0.25) is 0 Å². The Bertz CT molecular complexity index is 1060. The van der Waals surface area contributed by atoms with Gasteiger partial charge in [-0.15, -0.1) is 0 Å². The van der Waals surface area contributed by atoms with Crippen molar-refractivity contribution in [3.05, 3.63) is 87.4 Å². The van der Waals surface area contributed by atoms with Crippen molar-refractivity contribution in [2.75, 3.05) is 0 Å². The summed E-state index contributed by atoms with van der Waals surface area (Å²) in [6, 6.07) is 21.1. The maximum absolute atomic E-state index is 12.7. The van der Waals surface area contributed by atoms with E-state index in [0.29, 0.717) is 10.7 Å². The highest BCUT2D eigenvalue weighted by Crippen LogP contribution is 2.35. The van der Waals surface area contributed by atoms with Gasteiger partial charge >= 0.3 is 0 Å². The van der Waals surface area contributed by atoms with E-state index in [1.165, 1.54) is 16.7 Å². The van der Waals surface area contributed by atoms with Gasteiger partial charge < -0.3 is 4.42 Å². The summed E-state index contributed by atoms with van der Waals surface area (Å²) in [5, 5.41) is 0.447. The molecule has 0 saturated carbocycles. The number of thioether (sulfide) groups is 1. The molecule has 7 heteroatoms. The molecule has 3 aromatic rings. The number of hydrogen-bond acceptors (Lipinski definition) is 5. The smallest absolute Gasteiger partial charge is 0.293 e. The largest absolute Gasteiger partial charge is 0.450 e. The van der Waals surface area contributed by atoms with Crippen LogP contribution in [0.15, 0.2) is 90.5 Å². The molecule has 0 atom stereocenters. The zero-order valence-corrected chi connectivity index (χ0v) is 17.7. The summed E-state index contributed by atoms with van der Waals surface area (Å²) in [7, 11) is 0. The molecule has 4 nitrogen and oxygen atoms in total. The van der Waals surface area contributed by atoms with Gasteiger partial charge in [0.15, 0.2) is 5.09 Å². The van der Waals surface area contributed by atoms with Crippen LogP contribution >= 0.6 is 39.5 Å². The lowest BCUT2D eigenvalue weighted by Crippen LogP contribution is -2.27. The number of imide groups is 1. The van der Waals surface area contributed by atoms with Crippen LogP contribution in [0.5, 0.6) is 0 Å². The number of furan rings is 1. The standard InChI is InChI=1S/C21H14BrNO3S2/c22-17-9-5-4-6-14(17)13-23-20(24)18(28-21(23)25)12-15-10-11-19(26-15)27-16-7-2-1-3-8-16/h1-12H,13H2/b18-12-. The molecule has 1 aromatic heterocycles. The van der Waals surface area contributed by atoms with Crippen molar-refractivity contribution in [1.29, 1.82) is 0 Å². The molecule has 1 aliphatic heterocycles. The molecule has 0 bridgehead atoms. The number of carbonyl (C=O) groups excluding carboxylic acids is 2. The highest BCUT2D eigenvalue weighted by molar-refractivity contribution is 9.10. The van der Waals surface area contributed by atoms with Gasteiger partial charge in [0.05, 0.1) is 11.4 Å². The molecule has 1 fully saturated rings. The fourth-order valence-electron chi connectivity index (χ4n) is 2.63. The lowest BCUT2D eigenvalue weighted by molar-refractivity contribution is -0.123. The monoisotopic (exact) mass is 471 g/mol. The van der Waals surface area contributed by atoms with Crippen molar-refractivity contribution >= 4 is 56.7 Å². The van der Waals surface area contributed by atoms with E-state index in [2.05, 4.69) is 15.9 Å². The first kappa shape index (κ1) is 19.1. The van der Waals surface area contributed by atoms with Gasteiger partial charge in [-0.2, -0.15) is 0 Å². The second-order valence-electron chi connectivity index (χ2n) is 5.93. The normalized spacial score (nSPS) is 15.6. The highest BCUT2D eigenvalue weighted by atomic mass is 79.9. The molecule has 2 heterocycles. The fraction of sp³-hybridized carbons (Fsp3) is 0.0476. The number of nitrogens with zero attached hydrogens (tertiary/aromatic N) is 1. The lowest BCUT2D eigenvalue weighted by atomic mass is 10.2. The van der Waals surface area contributed by atoms with Gasteiger partial charge in [-0.05, 0) is 47.7 Å². The average molecular weight is 472 g/mol. The summed E-state index contributed by atoms with van der Waals surface area (Å²) in [5.74, 6) is 0.240. The quantitative estimate of drug-likeness (QED) is 0.401. The molecular weight excluding hydrogens is 458 g/mol. The third kappa shape index (κ3) is 4.27. The second kappa shape index (κ2) is 8.43. The molecule has 0 N–H and O–H groups in total. The molecule has 0 radical (unpaired) electrons. The summed E-state index contributed by atoms with van der Waals surface area (Å²) in [6.07, 6.45) is 1.62. The van der Waals surface area contributed by atoms with Gasteiger partial charge in [0.1, 0.15) is 5.76 Å². The second-order valence-corrected chi connectivity index (χ2v) is 8.86. The van der Waals surface area contributed by atoms with Crippen molar-refractivity contribution in [3.8, 4) is 0 Å². The zero-order valence-electron chi connectivity index (χ0n) is 14.5. The van der Waals surface area contributed by atoms with E-state index in [9.17, 15) is 9.59 Å². The van der Waals surface area contributed by atoms with Crippen LogP contribution in [-0.4, -0.2) is 16.0 Å². The predicted octanol–water partition coefficient (Wildman–Crippen LogP) is 6.43. The Kier molecular flexibility index (Phi) is 5.75. The lowest BCUT2D eigenvalue weighted by Gasteiger charge is -2.13. The van der Waals surface area contributed by atoms with E-state index < -0.39 is 0 Å². The summed E-state index contributed by atoms with van der Waals surface area (Å²) >= 11 is 5.89. The minimum absolute atomic E-state index is 0.233. The van der Waals surface area contributed by atoms with E-state index in [1.807, 2.05) is 60.7 Å². The van der Waals surface area contributed by atoms with Gasteiger partial charge in [0.25, 0.3) is 11.1 Å². The fourth-order valence-corrected chi connectivity index (χ4v) is 4.66. The predicted molar refractivity (Wildman–Crippen MR) is 115 cm³/mol. The van der Waals surface area contributed by atoms with E-state index >= 15 is 0 Å². The van der Waals surface area contributed by atoms with Crippen LogP contribution in [0.1, 0.15) is 11.3 Å². The van der Waals surface area contributed by atoms with Gasteiger partial charge in [-0.1, -0.05) is 64.1 Å². The molecule has 1 aliphatic rings. The van der Waals surface area contributed by atoms with E-state index in [4.69, 9.17) is 4.42 Å². The number of carbonyl (C=O) groups is 2. The molecule has 28 heavy (non-hydrogen) atoms. The molecule has 0 aliphatic carbocycles. The Morgan fingerprint density at radius 2 is 1.75 bits per heavy atom. The Morgan fingerprint density at radius 3 is 2.54 bits per heavy atom. The van der Waals surface area contributed by atoms with E-state index in [1.54, 1.807) is 12.1 Å². The summed E-state index contributed by atoms with van der Waals surface area (Å²) < 4.78 is 6.66. The minimum atomic E-state index is -0.306. The van der Waals surface area contributed by atoms with Crippen LogP contribution in [0, 0.1) is 0 Å². The van der Waals surface area contributed by atoms with E-state index in [0.717, 1.165) is 31.8 Å². The first-order valence-corrected chi connectivity index (χ1v) is 10.8. The average Bonchev–Trinajstić information content (AvgIpc) is 3.23. The molecule has 1 saturated heterocycles. The van der Waals surface area contributed by atoms with Crippen molar-refractivity contribution in [1.82, 2.24) is 4.90 Å². The van der Waals surface area contributed by atoms with Gasteiger partial charge in [-0.3, -0.25) is 14.5 Å². The highest BCUT2D eigenvalue weighted by Gasteiger charge is 2.35. The first-order valence-electron chi connectivity index (χ1n) is 8.42. The van der Waals surface area contributed by atoms with Crippen LogP contribution < -0.4 is 0 Å². The number of amides is 2. The van der Waals surface area contributed by atoms with Crippen LogP contribution in [0.3, 0.4) is 0 Å². The number of halogens is 1. The van der Waals surface area contributed by atoms with Gasteiger partial charge in [-0.25, -0.2) is 0 Å². The molecule has 0 unspecified atom stereocenters. The molecule has 2 aromatic carbocycles. The molecule has 0 spiro atoms. The SMILES string of the molecule is O=C1S/C(=C\c2ccc(Sc3ccccc3)o2)C(=O)N1Cc1ccccc1Br. The van der Waals surface area contributed by atoms with E-state index in [-0.39, 0.29) is 17.7 Å². The summed E-state index contributed by atoms with van der Waals surface area (Å²) in [4.78, 5) is 27.7. The zero-order chi connectivity index (χ0) is 19.5. The van der Waals surface area contributed by atoms with Crippen LogP contribution in [0.4, 0.5) is 4.79 Å². The summed E-state index contributed by atoms with van der Waals surface area (Å²) in [6.45, 7) is 0.233. The Hall–Kier alpha value is -2.22. The topological polar surface area (TPSA) is 50.5 Å². The third-order valence-corrected chi connectivity index (χ3v) is 6.61. The third-order valence-electron chi connectivity index (χ3n) is 4.00. The first-order chi connectivity index (χ1) is 13.6. The Morgan fingerprint density at radius 1 is 1.00 bits per heavy atom. The van der Waals surface area contributed by atoms with Gasteiger partial charge in [0, 0.05) is 15.4 Å². The molecular formula is C21H14BrNO3S2. The van der Waals surface area contributed by atoms with Crippen LogP contribution in [0.25, 0.3) is 6.08 Å². The summed E-state index contributed by atoms with van der Waals surface area (Å²) in [5.41, 5.74) is 0.880. The minimum Gasteiger partial charge on any atom is -0.450 e. The Balaban J connectivity index is 1.49. The van der Waals surface area contributed by atoms with Crippen LogP contribution in [-0.2, 0) is 11.3 Å². The molecule has 2 amide bonds. The van der Waals surface area contributed by atoms with Crippen molar-refractivity contribution < 1.29 is 14.0 Å². The molecule has 140 valence electrons. The maximum Gasteiger partial charge on any atom is 0.293 e. The number of rotatable bonds is 5. The van der Waals surface area contributed by atoms with Crippen molar-refractivity contribution in [2.45, 2.75) is 16.5 Å². The molecule has 4 rings (SSSR count). The maximum atomic E-state index is 12.7. The number of hydrogen-bond donors (Lipinski definition) is 0. The van der Waals surface area contributed by atoms with Crippen molar-refractivity contribution in [2.24, 2.45) is 0 Å². The van der Waals surface area contributed by atoms with Gasteiger partial charge in [0.2, 0.25) is 0 Å². The Labute approximate surface area is 179 Å². The number of benzene rings is 2.